The minimum absolute atomic E-state index is 0.634. The van der Waals surface area contributed by atoms with Crippen molar-refractivity contribution in [3.63, 3.8) is 0 Å². The average Bonchev–Trinajstić information content (AvgIpc) is 3.84. The summed E-state index contributed by atoms with van der Waals surface area (Å²) in [6.07, 6.45) is 0. The third kappa shape index (κ3) is 4.68. The molecular weight excluding hydrogens is 703 g/mol. The number of hydrogen-bond acceptors (Lipinski definition) is 5. The van der Waals surface area contributed by atoms with Crippen molar-refractivity contribution in [2.75, 3.05) is 0 Å². The molecule has 0 spiro atoms. The molecule has 0 saturated carbocycles. The van der Waals surface area contributed by atoms with E-state index in [0.717, 1.165) is 71.3 Å². The second kappa shape index (κ2) is 12.2. The highest BCUT2D eigenvalue weighted by atomic mass is 32.1. The summed E-state index contributed by atoms with van der Waals surface area (Å²) in [5.41, 5.74) is 6.95. The lowest BCUT2D eigenvalue weighted by molar-refractivity contribution is 0.669. The van der Waals surface area contributed by atoms with Crippen molar-refractivity contribution >= 4 is 85.8 Å². The summed E-state index contributed by atoms with van der Waals surface area (Å²) < 4.78 is 8.72. The second-order valence-corrected chi connectivity index (χ2v) is 15.3. The van der Waals surface area contributed by atoms with Gasteiger partial charge in [-0.1, -0.05) is 140 Å². The lowest BCUT2D eigenvalue weighted by atomic mass is 9.92. The van der Waals surface area contributed by atoms with Crippen molar-refractivity contribution in [2.24, 2.45) is 0 Å². The lowest BCUT2D eigenvalue weighted by Crippen LogP contribution is -2.01. The van der Waals surface area contributed by atoms with Crippen molar-refractivity contribution < 1.29 is 4.42 Å². The predicted molar refractivity (Wildman–Crippen MR) is 234 cm³/mol. The van der Waals surface area contributed by atoms with Crippen LogP contribution >= 0.6 is 11.3 Å². The van der Waals surface area contributed by atoms with Gasteiger partial charge in [0.1, 0.15) is 11.2 Å². The molecule has 0 bridgehead atoms. The molecule has 0 fully saturated rings. The Morgan fingerprint density at radius 3 is 1.70 bits per heavy atom. The van der Waals surface area contributed by atoms with Crippen LogP contribution in [-0.4, -0.2) is 15.0 Å². The Bertz CT molecular complexity index is 3560. The molecular formula is C51H29N3OS. The van der Waals surface area contributed by atoms with Crippen molar-refractivity contribution in [3.05, 3.63) is 176 Å². The maximum Gasteiger partial charge on any atom is 0.165 e. The molecule has 0 N–H and O–H groups in total. The number of para-hydroxylation sites is 1. The number of thiophene rings is 1. The first-order valence-electron chi connectivity index (χ1n) is 18.8. The number of hydrogen-bond donors (Lipinski definition) is 0. The molecule has 3 aromatic heterocycles. The lowest BCUT2D eigenvalue weighted by Gasteiger charge is -2.15. The van der Waals surface area contributed by atoms with Crippen LogP contribution in [0.3, 0.4) is 0 Å². The van der Waals surface area contributed by atoms with Gasteiger partial charge in [0, 0.05) is 47.6 Å². The van der Waals surface area contributed by atoms with Gasteiger partial charge in [-0.3, -0.25) is 0 Å². The maximum absolute atomic E-state index is 6.31. The van der Waals surface area contributed by atoms with E-state index in [-0.39, 0.29) is 0 Å². The Morgan fingerprint density at radius 2 is 0.875 bits per heavy atom. The summed E-state index contributed by atoms with van der Waals surface area (Å²) in [4.78, 5) is 16.1. The summed E-state index contributed by atoms with van der Waals surface area (Å²) >= 11 is 1.79. The van der Waals surface area contributed by atoms with Gasteiger partial charge in [-0.2, -0.15) is 0 Å². The molecule has 4 nitrogen and oxygen atoms in total. The van der Waals surface area contributed by atoms with Crippen molar-refractivity contribution in [3.8, 4) is 45.3 Å². The van der Waals surface area contributed by atoms with Gasteiger partial charge >= 0.3 is 0 Å². The zero-order chi connectivity index (χ0) is 36.7. The Hall–Kier alpha value is -7.21. The molecule has 0 saturated heterocycles. The largest absolute Gasteiger partial charge is 0.456 e. The van der Waals surface area contributed by atoms with Gasteiger partial charge in [-0.25, -0.2) is 15.0 Å². The minimum atomic E-state index is 0.634. The fourth-order valence-corrected chi connectivity index (χ4v) is 9.84. The summed E-state index contributed by atoms with van der Waals surface area (Å²) in [6.45, 7) is 0. The number of nitrogens with zero attached hydrogens (tertiary/aromatic N) is 3. The fourth-order valence-electron chi connectivity index (χ4n) is 8.63. The molecule has 0 aliphatic heterocycles. The van der Waals surface area contributed by atoms with E-state index < -0.39 is 0 Å². The third-order valence-corrected chi connectivity index (χ3v) is 12.4. The number of benzene rings is 9. The zero-order valence-corrected chi connectivity index (χ0v) is 30.7. The predicted octanol–water partition coefficient (Wildman–Crippen LogP) is 14.3. The van der Waals surface area contributed by atoms with Crippen LogP contribution in [0, 0.1) is 0 Å². The first-order valence-corrected chi connectivity index (χ1v) is 19.6. The van der Waals surface area contributed by atoms with Crippen LogP contribution < -0.4 is 0 Å². The molecule has 12 rings (SSSR count). The number of rotatable bonds is 4. The first-order chi connectivity index (χ1) is 27.8. The standard InChI is InChI=1S/C51H29N3OS/c1-2-14-31-30(13-1)29-43(35-18-6-3-15-32(31)35)51-53-49(52-50(54-51)42-23-11-22-39-37-19-8-10-26-46(37)56-48(39)42)40-28-27-36(33-16-4-5-17-34(33)40)38-21-12-25-45-47(38)41-20-7-9-24-44(41)55-45/h1-29H. The van der Waals surface area contributed by atoms with E-state index in [9.17, 15) is 0 Å². The van der Waals surface area contributed by atoms with Crippen LogP contribution in [0.5, 0.6) is 0 Å². The average molecular weight is 732 g/mol. The van der Waals surface area contributed by atoms with Crippen LogP contribution in [0.25, 0.3) is 120 Å². The molecule has 0 amide bonds. The topological polar surface area (TPSA) is 51.8 Å². The molecule has 3 heterocycles. The van der Waals surface area contributed by atoms with E-state index >= 15 is 0 Å². The zero-order valence-electron chi connectivity index (χ0n) is 29.9. The van der Waals surface area contributed by atoms with E-state index in [1.54, 1.807) is 11.3 Å². The normalized spacial score (nSPS) is 11.9. The van der Waals surface area contributed by atoms with E-state index in [0.29, 0.717) is 17.5 Å². The van der Waals surface area contributed by atoms with Gasteiger partial charge in [0.15, 0.2) is 17.5 Å². The number of aromatic nitrogens is 3. The third-order valence-electron chi connectivity index (χ3n) is 11.1. The summed E-state index contributed by atoms with van der Waals surface area (Å²) in [5, 5.41) is 11.5. The summed E-state index contributed by atoms with van der Waals surface area (Å²) in [6, 6.07) is 62.0. The van der Waals surface area contributed by atoms with Crippen LogP contribution in [0.4, 0.5) is 0 Å². The van der Waals surface area contributed by atoms with Crippen LogP contribution in [-0.2, 0) is 0 Å². The molecule has 0 aliphatic carbocycles. The Balaban J connectivity index is 1.14. The Morgan fingerprint density at radius 1 is 0.339 bits per heavy atom. The highest BCUT2D eigenvalue weighted by Gasteiger charge is 2.21. The van der Waals surface area contributed by atoms with Gasteiger partial charge in [0.2, 0.25) is 0 Å². The molecule has 56 heavy (non-hydrogen) atoms. The minimum Gasteiger partial charge on any atom is -0.456 e. The smallest absolute Gasteiger partial charge is 0.165 e. The molecule has 0 unspecified atom stereocenters. The molecule has 9 aromatic carbocycles. The Kier molecular flexibility index (Phi) is 6.76. The quantitative estimate of drug-likeness (QED) is 0.169. The maximum atomic E-state index is 6.31. The molecule has 0 aliphatic rings. The van der Waals surface area contributed by atoms with Gasteiger partial charge in [-0.15, -0.1) is 11.3 Å². The van der Waals surface area contributed by atoms with Gasteiger partial charge in [0.05, 0.1) is 0 Å². The van der Waals surface area contributed by atoms with E-state index in [2.05, 4.69) is 164 Å². The fraction of sp³-hybridized carbons (Fsp3) is 0. The second-order valence-electron chi connectivity index (χ2n) is 14.3. The molecule has 0 radical (unpaired) electrons. The monoisotopic (exact) mass is 731 g/mol. The summed E-state index contributed by atoms with van der Waals surface area (Å²) in [5.74, 6) is 1.94. The number of fused-ring (bicyclic) bond motifs is 10. The SMILES string of the molecule is c1ccc2c(c1)cc(-c1nc(-c3ccc(-c4cccc5oc6ccccc6c45)c4ccccc34)nc(-c3cccc4c3sc3ccccc34)n1)c1ccccc12. The molecule has 260 valence electrons. The Labute approximate surface area is 325 Å². The molecule has 0 atom stereocenters. The summed E-state index contributed by atoms with van der Waals surface area (Å²) in [7, 11) is 0. The van der Waals surface area contributed by atoms with Gasteiger partial charge in [0.25, 0.3) is 0 Å². The van der Waals surface area contributed by atoms with E-state index in [1.165, 1.54) is 30.9 Å². The highest BCUT2D eigenvalue weighted by Crippen LogP contribution is 2.43. The van der Waals surface area contributed by atoms with Crippen LogP contribution in [0.15, 0.2) is 180 Å². The number of furan rings is 1. The van der Waals surface area contributed by atoms with Gasteiger partial charge in [-0.05, 0) is 79.8 Å². The molecule has 5 heteroatoms. The van der Waals surface area contributed by atoms with Crippen molar-refractivity contribution in [1.82, 2.24) is 15.0 Å². The first kappa shape index (κ1) is 31.2. The van der Waals surface area contributed by atoms with Gasteiger partial charge < -0.3 is 4.42 Å². The van der Waals surface area contributed by atoms with E-state index in [4.69, 9.17) is 19.4 Å². The van der Waals surface area contributed by atoms with Crippen LogP contribution in [0.2, 0.25) is 0 Å². The van der Waals surface area contributed by atoms with Crippen molar-refractivity contribution in [1.29, 1.82) is 0 Å². The van der Waals surface area contributed by atoms with Crippen LogP contribution in [0.1, 0.15) is 0 Å². The van der Waals surface area contributed by atoms with E-state index in [1.807, 2.05) is 12.1 Å². The van der Waals surface area contributed by atoms with Crippen molar-refractivity contribution in [2.45, 2.75) is 0 Å². The molecule has 12 aromatic rings. The highest BCUT2D eigenvalue weighted by molar-refractivity contribution is 7.26.